The minimum absolute atomic E-state index is 0.494. The lowest BCUT2D eigenvalue weighted by Crippen LogP contribution is -2.46. The molecule has 0 amide bonds. The third kappa shape index (κ3) is 3.37. The van der Waals surface area contributed by atoms with Crippen molar-refractivity contribution in [2.24, 2.45) is 0 Å². The SMILES string of the molecule is Cc1cc(N(C)C2CCCN(Cc3c[nH]c4ccccc34)C2)ncn1. The Morgan fingerprint density at radius 2 is 2.16 bits per heavy atom. The highest BCUT2D eigenvalue weighted by Gasteiger charge is 2.24. The Morgan fingerprint density at radius 3 is 3.04 bits per heavy atom. The molecule has 25 heavy (non-hydrogen) atoms. The molecule has 5 nitrogen and oxygen atoms in total. The van der Waals surface area contributed by atoms with Gasteiger partial charge in [0.25, 0.3) is 0 Å². The zero-order valence-electron chi connectivity index (χ0n) is 14.9. The minimum Gasteiger partial charge on any atom is -0.361 e. The van der Waals surface area contributed by atoms with E-state index in [9.17, 15) is 0 Å². The van der Waals surface area contributed by atoms with Crippen LogP contribution in [-0.4, -0.2) is 46.0 Å². The Hall–Kier alpha value is -2.40. The maximum Gasteiger partial charge on any atom is 0.132 e. The number of aromatic nitrogens is 3. The minimum atomic E-state index is 0.494. The number of likely N-dealkylation sites (tertiary alicyclic amines) is 1. The van der Waals surface area contributed by atoms with Gasteiger partial charge in [0.15, 0.2) is 0 Å². The Morgan fingerprint density at radius 1 is 1.28 bits per heavy atom. The number of aryl methyl sites for hydroxylation is 1. The van der Waals surface area contributed by atoms with E-state index in [-0.39, 0.29) is 0 Å². The standard InChI is InChI=1S/C20H25N5/c1-15-10-20(23-14-22-15)24(2)17-6-5-9-25(13-17)12-16-11-21-19-8-4-3-7-18(16)19/h3-4,7-8,10-11,14,17,21H,5-6,9,12-13H2,1-2H3. The number of anilines is 1. The van der Waals surface area contributed by atoms with Crippen LogP contribution in [-0.2, 0) is 6.54 Å². The molecule has 3 aromatic rings. The van der Waals surface area contributed by atoms with Gasteiger partial charge in [-0.2, -0.15) is 0 Å². The third-order valence-electron chi connectivity index (χ3n) is 5.25. The fourth-order valence-corrected chi connectivity index (χ4v) is 3.81. The molecule has 1 aliphatic heterocycles. The molecule has 0 saturated carbocycles. The molecule has 1 atom stereocenters. The first kappa shape index (κ1) is 16.1. The first-order chi connectivity index (χ1) is 12.2. The summed E-state index contributed by atoms with van der Waals surface area (Å²) in [5.74, 6) is 1.02. The number of likely N-dealkylation sites (N-methyl/N-ethyl adjacent to an activating group) is 1. The molecule has 0 spiro atoms. The first-order valence-corrected chi connectivity index (χ1v) is 8.99. The number of hydrogen-bond acceptors (Lipinski definition) is 4. The van der Waals surface area contributed by atoms with Crippen LogP contribution in [0.15, 0.2) is 42.9 Å². The Labute approximate surface area is 148 Å². The molecule has 0 radical (unpaired) electrons. The highest BCUT2D eigenvalue weighted by atomic mass is 15.2. The van der Waals surface area contributed by atoms with E-state index >= 15 is 0 Å². The smallest absolute Gasteiger partial charge is 0.132 e. The fourth-order valence-electron chi connectivity index (χ4n) is 3.81. The maximum atomic E-state index is 4.45. The van der Waals surface area contributed by atoms with Crippen LogP contribution in [0.2, 0.25) is 0 Å². The molecule has 1 aliphatic rings. The Balaban J connectivity index is 1.47. The number of rotatable bonds is 4. The molecule has 0 aliphatic carbocycles. The van der Waals surface area contributed by atoms with Crippen LogP contribution >= 0.6 is 0 Å². The zero-order valence-corrected chi connectivity index (χ0v) is 14.9. The van der Waals surface area contributed by atoms with Crippen molar-refractivity contribution in [3.63, 3.8) is 0 Å². The van der Waals surface area contributed by atoms with Gasteiger partial charge in [-0.15, -0.1) is 0 Å². The summed E-state index contributed by atoms with van der Waals surface area (Å²) in [6.07, 6.45) is 6.25. The number of fused-ring (bicyclic) bond motifs is 1. The largest absolute Gasteiger partial charge is 0.361 e. The van der Waals surface area contributed by atoms with E-state index in [0.717, 1.165) is 31.1 Å². The van der Waals surface area contributed by atoms with Crippen LogP contribution in [0.5, 0.6) is 0 Å². The third-order valence-corrected chi connectivity index (χ3v) is 5.25. The van der Waals surface area contributed by atoms with Gasteiger partial charge >= 0.3 is 0 Å². The summed E-state index contributed by atoms with van der Waals surface area (Å²) in [5, 5.41) is 1.34. The Kier molecular flexibility index (Phi) is 4.40. The van der Waals surface area contributed by atoms with E-state index in [0.29, 0.717) is 6.04 Å². The van der Waals surface area contributed by atoms with Crippen molar-refractivity contribution in [2.45, 2.75) is 32.4 Å². The Bertz CT molecular complexity index is 856. The molecule has 4 rings (SSSR count). The second-order valence-corrected chi connectivity index (χ2v) is 7.02. The molecular formula is C20H25N5. The van der Waals surface area contributed by atoms with E-state index in [2.05, 4.69) is 68.3 Å². The van der Waals surface area contributed by atoms with E-state index in [1.807, 2.05) is 6.92 Å². The predicted molar refractivity (Wildman–Crippen MR) is 102 cm³/mol. The van der Waals surface area contributed by atoms with Crippen molar-refractivity contribution >= 4 is 16.7 Å². The van der Waals surface area contributed by atoms with Gasteiger partial charge in [-0.25, -0.2) is 9.97 Å². The van der Waals surface area contributed by atoms with Crippen LogP contribution in [0.3, 0.4) is 0 Å². The van der Waals surface area contributed by atoms with Crippen molar-refractivity contribution in [3.05, 3.63) is 54.1 Å². The number of para-hydroxylation sites is 1. The van der Waals surface area contributed by atoms with Gasteiger partial charge in [-0.05, 0) is 37.9 Å². The zero-order chi connectivity index (χ0) is 17.2. The number of H-pyrrole nitrogens is 1. The average Bonchev–Trinajstić information content (AvgIpc) is 3.04. The summed E-state index contributed by atoms with van der Waals surface area (Å²) in [6, 6.07) is 11.1. The number of benzene rings is 1. The monoisotopic (exact) mass is 335 g/mol. The van der Waals surface area contributed by atoms with E-state index < -0.39 is 0 Å². The molecule has 5 heteroatoms. The normalized spacial score (nSPS) is 18.6. The van der Waals surface area contributed by atoms with Gasteiger partial charge in [-0.1, -0.05) is 18.2 Å². The molecule has 2 aromatic heterocycles. The quantitative estimate of drug-likeness (QED) is 0.794. The summed E-state index contributed by atoms with van der Waals surface area (Å²) in [4.78, 5) is 16.9. The molecule has 1 unspecified atom stereocenters. The molecule has 1 fully saturated rings. The predicted octanol–water partition coefficient (Wildman–Crippen LogP) is 3.37. The second-order valence-electron chi connectivity index (χ2n) is 7.02. The molecule has 1 aromatic carbocycles. The fraction of sp³-hybridized carbons (Fsp3) is 0.400. The summed E-state index contributed by atoms with van der Waals surface area (Å²) in [5.41, 5.74) is 3.62. The summed E-state index contributed by atoms with van der Waals surface area (Å²) >= 11 is 0. The number of piperidine rings is 1. The second kappa shape index (κ2) is 6.84. The summed E-state index contributed by atoms with van der Waals surface area (Å²) in [6.45, 7) is 5.24. The van der Waals surface area contributed by atoms with Gasteiger partial charge in [-0.3, -0.25) is 4.90 Å². The molecular weight excluding hydrogens is 310 g/mol. The first-order valence-electron chi connectivity index (χ1n) is 8.99. The molecule has 1 N–H and O–H groups in total. The topological polar surface area (TPSA) is 48.0 Å². The van der Waals surface area contributed by atoms with E-state index in [1.54, 1.807) is 6.33 Å². The lowest BCUT2D eigenvalue weighted by atomic mass is 10.0. The van der Waals surface area contributed by atoms with Gasteiger partial charge in [0, 0.05) is 55.0 Å². The van der Waals surface area contributed by atoms with Crippen LogP contribution in [0.1, 0.15) is 24.1 Å². The lowest BCUT2D eigenvalue weighted by Gasteiger charge is -2.38. The van der Waals surface area contributed by atoms with E-state index in [1.165, 1.54) is 29.3 Å². The number of aromatic amines is 1. The van der Waals surface area contributed by atoms with Crippen LogP contribution in [0, 0.1) is 6.92 Å². The number of hydrogen-bond donors (Lipinski definition) is 1. The van der Waals surface area contributed by atoms with Crippen LogP contribution in [0.25, 0.3) is 10.9 Å². The molecule has 130 valence electrons. The highest BCUT2D eigenvalue weighted by Crippen LogP contribution is 2.24. The van der Waals surface area contributed by atoms with Crippen LogP contribution in [0.4, 0.5) is 5.82 Å². The van der Waals surface area contributed by atoms with Gasteiger partial charge in [0.1, 0.15) is 12.1 Å². The molecule has 3 heterocycles. The molecule has 0 bridgehead atoms. The molecule has 1 saturated heterocycles. The summed E-state index contributed by atoms with van der Waals surface area (Å²) in [7, 11) is 2.15. The highest BCUT2D eigenvalue weighted by molar-refractivity contribution is 5.82. The number of nitrogens with one attached hydrogen (secondary N) is 1. The lowest BCUT2D eigenvalue weighted by molar-refractivity contribution is 0.199. The average molecular weight is 335 g/mol. The van der Waals surface area contributed by atoms with Gasteiger partial charge < -0.3 is 9.88 Å². The van der Waals surface area contributed by atoms with Crippen molar-refractivity contribution in [1.29, 1.82) is 0 Å². The van der Waals surface area contributed by atoms with Gasteiger partial charge in [0.05, 0.1) is 0 Å². The van der Waals surface area contributed by atoms with E-state index in [4.69, 9.17) is 0 Å². The summed E-state index contributed by atoms with van der Waals surface area (Å²) < 4.78 is 0. The number of nitrogens with zero attached hydrogens (tertiary/aromatic N) is 4. The van der Waals surface area contributed by atoms with Gasteiger partial charge in [0.2, 0.25) is 0 Å². The van der Waals surface area contributed by atoms with Crippen molar-refractivity contribution < 1.29 is 0 Å². The maximum absolute atomic E-state index is 4.45. The van der Waals surface area contributed by atoms with Crippen LogP contribution < -0.4 is 4.90 Å². The van der Waals surface area contributed by atoms with Crippen molar-refractivity contribution in [1.82, 2.24) is 19.9 Å². The van der Waals surface area contributed by atoms with Crippen molar-refractivity contribution in [3.8, 4) is 0 Å². The van der Waals surface area contributed by atoms with Crippen molar-refractivity contribution in [2.75, 3.05) is 25.0 Å².